The minimum Gasteiger partial charge on any atom is -0.396 e. The van der Waals surface area contributed by atoms with Gasteiger partial charge in [-0.3, -0.25) is 0 Å². The Labute approximate surface area is 82.5 Å². The van der Waals surface area contributed by atoms with Crippen LogP contribution in [0.5, 0.6) is 0 Å². The average molecular weight is 187 g/mol. The summed E-state index contributed by atoms with van der Waals surface area (Å²) in [7, 11) is 0. The fraction of sp³-hybridized carbons (Fsp3) is 1.00. The van der Waals surface area contributed by atoms with Crippen LogP contribution in [0.2, 0.25) is 0 Å². The van der Waals surface area contributed by atoms with Crippen molar-refractivity contribution in [2.45, 2.75) is 47.1 Å². The van der Waals surface area contributed by atoms with Crippen molar-refractivity contribution in [2.24, 2.45) is 23.0 Å². The van der Waals surface area contributed by atoms with Crippen LogP contribution in [0.15, 0.2) is 0 Å². The number of hydrogen-bond acceptors (Lipinski definition) is 2. The Morgan fingerprint density at radius 2 is 1.69 bits per heavy atom. The molecule has 3 unspecified atom stereocenters. The fourth-order valence-corrected chi connectivity index (χ4v) is 1.37. The number of aliphatic hydroxyl groups is 1. The molecule has 0 heterocycles. The van der Waals surface area contributed by atoms with Gasteiger partial charge in [-0.2, -0.15) is 0 Å². The molecule has 0 bridgehead atoms. The van der Waals surface area contributed by atoms with Crippen molar-refractivity contribution in [1.29, 1.82) is 0 Å². The van der Waals surface area contributed by atoms with Gasteiger partial charge in [-0.05, 0) is 30.6 Å². The SMILES string of the molecule is CC(N)C(C)CC(CO)C(C)(C)C. The highest BCUT2D eigenvalue weighted by Crippen LogP contribution is 2.31. The number of aliphatic hydroxyl groups excluding tert-OH is 1. The zero-order valence-electron chi connectivity index (χ0n) is 9.67. The Morgan fingerprint density at radius 3 is 1.92 bits per heavy atom. The molecule has 0 fully saturated rings. The minimum absolute atomic E-state index is 0.178. The molecule has 0 aliphatic carbocycles. The van der Waals surface area contributed by atoms with Gasteiger partial charge in [-0.15, -0.1) is 0 Å². The van der Waals surface area contributed by atoms with Crippen molar-refractivity contribution in [2.75, 3.05) is 6.61 Å². The maximum Gasteiger partial charge on any atom is 0.0464 e. The lowest BCUT2D eigenvalue weighted by atomic mass is 9.75. The minimum atomic E-state index is 0.178. The van der Waals surface area contributed by atoms with E-state index >= 15 is 0 Å². The van der Waals surface area contributed by atoms with Gasteiger partial charge in [0.15, 0.2) is 0 Å². The van der Waals surface area contributed by atoms with E-state index in [1.807, 2.05) is 6.92 Å². The Kier molecular flexibility index (Phi) is 4.93. The molecule has 0 saturated heterocycles. The van der Waals surface area contributed by atoms with Crippen molar-refractivity contribution in [1.82, 2.24) is 0 Å². The topological polar surface area (TPSA) is 46.2 Å². The monoisotopic (exact) mass is 187 g/mol. The fourth-order valence-electron chi connectivity index (χ4n) is 1.37. The zero-order chi connectivity index (χ0) is 10.6. The molecule has 0 saturated carbocycles. The molecule has 0 rings (SSSR count). The first kappa shape index (κ1) is 12.9. The zero-order valence-corrected chi connectivity index (χ0v) is 9.67. The van der Waals surface area contributed by atoms with Gasteiger partial charge in [0.05, 0.1) is 0 Å². The molecule has 0 amide bonds. The third-order valence-electron chi connectivity index (χ3n) is 3.00. The molecule has 0 spiro atoms. The maximum atomic E-state index is 9.25. The normalized spacial score (nSPS) is 19.6. The summed E-state index contributed by atoms with van der Waals surface area (Å²) >= 11 is 0. The standard InChI is InChI=1S/C11H25NO/c1-8(9(2)12)6-10(7-13)11(3,4)5/h8-10,13H,6-7,12H2,1-5H3. The Hall–Kier alpha value is -0.0800. The summed E-state index contributed by atoms with van der Waals surface area (Å²) in [4.78, 5) is 0. The molecule has 0 aromatic rings. The Bertz CT molecular complexity index is 138. The lowest BCUT2D eigenvalue weighted by Crippen LogP contribution is -2.32. The molecule has 0 radical (unpaired) electrons. The number of hydrogen-bond donors (Lipinski definition) is 2. The third kappa shape index (κ3) is 4.63. The van der Waals surface area contributed by atoms with E-state index in [9.17, 15) is 5.11 Å². The van der Waals surface area contributed by atoms with Crippen molar-refractivity contribution in [3.63, 3.8) is 0 Å². The maximum absolute atomic E-state index is 9.25. The quantitative estimate of drug-likeness (QED) is 0.707. The summed E-state index contributed by atoms with van der Waals surface area (Å²) in [5.74, 6) is 0.838. The van der Waals surface area contributed by atoms with Crippen LogP contribution in [-0.2, 0) is 0 Å². The van der Waals surface area contributed by atoms with Gasteiger partial charge in [-0.25, -0.2) is 0 Å². The molecule has 2 heteroatoms. The summed E-state index contributed by atoms with van der Waals surface area (Å²) in [5.41, 5.74) is 5.98. The largest absolute Gasteiger partial charge is 0.396 e. The van der Waals surface area contributed by atoms with E-state index in [4.69, 9.17) is 5.73 Å². The van der Waals surface area contributed by atoms with Crippen LogP contribution in [-0.4, -0.2) is 17.8 Å². The van der Waals surface area contributed by atoms with E-state index in [-0.39, 0.29) is 18.1 Å². The highest BCUT2D eigenvalue weighted by Gasteiger charge is 2.26. The van der Waals surface area contributed by atoms with Gasteiger partial charge in [0.2, 0.25) is 0 Å². The van der Waals surface area contributed by atoms with Crippen LogP contribution in [0.3, 0.4) is 0 Å². The molecular formula is C11H25NO. The molecule has 3 atom stereocenters. The summed E-state index contributed by atoms with van der Waals surface area (Å²) in [5, 5.41) is 9.25. The molecule has 2 nitrogen and oxygen atoms in total. The second-order valence-corrected chi connectivity index (χ2v) is 5.32. The molecule has 0 aromatic carbocycles. The van der Waals surface area contributed by atoms with Gasteiger partial charge in [0, 0.05) is 12.6 Å². The van der Waals surface area contributed by atoms with E-state index in [0.717, 1.165) is 6.42 Å². The molecule has 0 aliphatic heterocycles. The van der Waals surface area contributed by atoms with Crippen LogP contribution in [0.1, 0.15) is 41.0 Å². The lowest BCUT2D eigenvalue weighted by Gasteiger charge is -2.32. The van der Waals surface area contributed by atoms with E-state index < -0.39 is 0 Å². The third-order valence-corrected chi connectivity index (χ3v) is 3.00. The summed E-state index contributed by atoms with van der Waals surface area (Å²) in [6.45, 7) is 11.0. The first-order valence-electron chi connectivity index (χ1n) is 5.15. The molecule has 0 aromatic heterocycles. The van der Waals surface area contributed by atoms with E-state index in [1.54, 1.807) is 0 Å². The predicted molar refractivity (Wildman–Crippen MR) is 57.5 cm³/mol. The van der Waals surface area contributed by atoms with Gasteiger partial charge >= 0.3 is 0 Å². The molecule has 13 heavy (non-hydrogen) atoms. The lowest BCUT2D eigenvalue weighted by molar-refractivity contribution is 0.106. The molecule has 80 valence electrons. The van der Waals surface area contributed by atoms with Crippen LogP contribution in [0, 0.1) is 17.3 Å². The van der Waals surface area contributed by atoms with Gasteiger partial charge in [0.25, 0.3) is 0 Å². The summed E-state index contributed by atoms with van der Waals surface area (Å²) in [6, 6.07) is 0.219. The second-order valence-electron chi connectivity index (χ2n) is 5.32. The first-order valence-corrected chi connectivity index (χ1v) is 5.15. The second kappa shape index (κ2) is 4.97. The van der Waals surface area contributed by atoms with Crippen molar-refractivity contribution in [3.05, 3.63) is 0 Å². The van der Waals surface area contributed by atoms with Gasteiger partial charge < -0.3 is 10.8 Å². The van der Waals surface area contributed by atoms with Crippen LogP contribution in [0.25, 0.3) is 0 Å². The molecule has 0 aliphatic rings. The van der Waals surface area contributed by atoms with Crippen molar-refractivity contribution < 1.29 is 5.11 Å². The smallest absolute Gasteiger partial charge is 0.0464 e. The van der Waals surface area contributed by atoms with Crippen LogP contribution in [0.4, 0.5) is 0 Å². The molecular weight excluding hydrogens is 162 g/mol. The van der Waals surface area contributed by atoms with Gasteiger partial charge in [-0.1, -0.05) is 27.7 Å². The number of nitrogens with two attached hydrogens (primary N) is 1. The number of rotatable bonds is 4. The Morgan fingerprint density at radius 1 is 1.23 bits per heavy atom. The first-order chi connectivity index (χ1) is 5.79. The molecule has 3 N–H and O–H groups in total. The summed E-state index contributed by atoms with van der Waals surface area (Å²) in [6.07, 6.45) is 1.01. The van der Waals surface area contributed by atoms with Crippen LogP contribution < -0.4 is 5.73 Å². The highest BCUT2D eigenvalue weighted by molar-refractivity contribution is 4.77. The average Bonchev–Trinajstić information content (AvgIpc) is 1.96. The highest BCUT2D eigenvalue weighted by atomic mass is 16.3. The van der Waals surface area contributed by atoms with Crippen molar-refractivity contribution in [3.8, 4) is 0 Å². The van der Waals surface area contributed by atoms with Crippen LogP contribution >= 0.6 is 0 Å². The van der Waals surface area contributed by atoms with Crippen molar-refractivity contribution >= 4 is 0 Å². The van der Waals surface area contributed by atoms with Gasteiger partial charge in [0.1, 0.15) is 0 Å². The van der Waals surface area contributed by atoms with E-state index in [1.165, 1.54) is 0 Å². The van der Waals surface area contributed by atoms with E-state index in [0.29, 0.717) is 11.8 Å². The van der Waals surface area contributed by atoms with E-state index in [2.05, 4.69) is 27.7 Å². The Balaban J connectivity index is 4.14. The predicted octanol–water partition coefficient (Wildman–Crippen LogP) is 2.01. The summed E-state index contributed by atoms with van der Waals surface area (Å²) < 4.78 is 0.